The molecule has 3 unspecified atom stereocenters. The highest BCUT2D eigenvalue weighted by atomic mass is 15.1. The number of hydrogen-bond acceptors (Lipinski definition) is 2. The fourth-order valence-electron chi connectivity index (χ4n) is 3.03. The van der Waals surface area contributed by atoms with Gasteiger partial charge in [-0.2, -0.15) is 0 Å². The summed E-state index contributed by atoms with van der Waals surface area (Å²) in [6.45, 7) is 8.53. The van der Waals surface area contributed by atoms with Crippen molar-refractivity contribution in [2.24, 2.45) is 11.8 Å². The third-order valence-electron chi connectivity index (χ3n) is 4.70. The van der Waals surface area contributed by atoms with E-state index in [0.717, 1.165) is 11.8 Å². The van der Waals surface area contributed by atoms with E-state index in [1.807, 2.05) is 0 Å². The Morgan fingerprint density at radius 3 is 2.58 bits per heavy atom. The van der Waals surface area contributed by atoms with Gasteiger partial charge in [0.1, 0.15) is 0 Å². The Hall–Kier alpha value is -0.860. The highest BCUT2D eigenvalue weighted by molar-refractivity contribution is 5.18. The normalized spacial score (nSPS) is 26.3. The van der Waals surface area contributed by atoms with Crippen LogP contribution in [-0.2, 0) is 0 Å². The predicted octanol–water partition coefficient (Wildman–Crippen LogP) is 3.32. The first-order valence-corrected chi connectivity index (χ1v) is 7.65. The van der Waals surface area contributed by atoms with Gasteiger partial charge in [-0.1, -0.05) is 44.2 Å². The van der Waals surface area contributed by atoms with Crippen LogP contribution in [0.2, 0.25) is 0 Å². The molecule has 1 aliphatic heterocycles. The lowest BCUT2D eigenvalue weighted by Crippen LogP contribution is -2.39. The van der Waals surface area contributed by atoms with Gasteiger partial charge in [0.2, 0.25) is 0 Å². The van der Waals surface area contributed by atoms with Gasteiger partial charge >= 0.3 is 0 Å². The zero-order chi connectivity index (χ0) is 13.7. The van der Waals surface area contributed by atoms with Gasteiger partial charge in [-0.3, -0.25) is 0 Å². The van der Waals surface area contributed by atoms with Crippen LogP contribution in [0.1, 0.15) is 38.3 Å². The summed E-state index contributed by atoms with van der Waals surface area (Å²) in [5.41, 5.74) is 1.41. The van der Waals surface area contributed by atoms with Crippen molar-refractivity contribution in [1.29, 1.82) is 0 Å². The van der Waals surface area contributed by atoms with Crippen molar-refractivity contribution in [2.45, 2.75) is 32.7 Å². The van der Waals surface area contributed by atoms with Crippen LogP contribution in [0.15, 0.2) is 30.3 Å². The molecule has 1 aromatic rings. The van der Waals surface area contributed by atoms with E-state index < -0.39 is 0 Å². The minimum atomic E-state index is 0.482. The molecular weight excluding hydrogens is 232 g/mol. The molecule has 0 saturated carbocycles. The van der Waals surface area contributed by atoms with Gasteiger partial charge in [-0.15, -0.1) is 0 Å². The van der Waals surface area contributed by atoms with Gasteiger partial charge in [0.05, 0.1) is 0 Å². The van der Waals surface area contributed by atoms with Crippen LogP contribution in [-0.4, -0.2) is 31.6 Å². The SMILES string of the molecule is CNC(CCN1CCC(C)C(C)C1)c1ccccc1. The second-order valence-corrected chi connectivity index (χ2v) is 6.08. The van der Waals surface area contributed by atoms with Crippen LogP contribution in [0.25, 0.3) is 0 Å². The maximum Gasteiger partial charge on any atom is 0.0329 e. The third kappa shape index (κ3) is 4.05. The lowest BCUT2D eigenvalue weighted by molar-refractivity contribution is 0.134. The first-order chi connectivity index (χ1) is 9.20. The molecule has 106 valence electrons. The molecule has 0 aliphatic carbocycles. The van der Waals surface area contributed by atoms with Crippen molar-refractivity contribution < 1.29 is 0 Å². The maximum absolute atomic E-state index is 3.45. The largest absolute Gasteiger partial charge is 0.313 e. The van der Waals surface area contributed by atoms with Gasteiger partial charge < -0.3 is 10.2 Å². The highest BCUT2D eigenvalue weighted by Crippen LogP contribution is 2.24. The highest BCUT2D eigenvalue weighted by Gasteiger charge is 2.22. The standard InChI is InChI=1S/C17H28N2/c1-14-9-11-19(13-15(14)2)12-10-17(18-3)16-7-5-4-6-8-16/h4-8,14-15,17-18H,9-13H2,1-3H3. The summed E-state index contributed by atoms with van der Waals surface area (Å²) >= 11 is 0. The van der Waals surface area contributed by atoms with Crippen molar-refractivity contribution in [1.82, 2.24) is 10.2 Å². The maximum atomic E-state index is 3.45. The van der Waals surface area contributed by atoms with Gasteiger partial charge in [-0.05, 0) is 50.4 Å². The smallest absolute Gasteiger partial charge is 0.0329 e. The molecule has 0 aromatic heterocycles. The van der Waals surface area contributed by atoms with E-state index in [1.54, 1.807) is 0 Å². The Bertz CT molecular complexity index is 363. The van der Waals surface area contributed by atoms with Crippen LogP contribution in [0.5, 0.6) is 0 Å². The minimum absolute atomic E-state index is 0.482. The summed E-state index contributed by atoms with van der Waals surface area (Å²) in [6.07, 6.45) is 2.55. The molecule has 0 bridgehead atoms. The summed E-state index contributed by atoms with van der Waals surface area (Å²) in [5.74, 6) is 1.74. The summed E-state index contributed by atoms with van der Waals surface area (Å²) in [7, 11) is 2.07. The lowest BCUT2D eigenvalue weighted by atomic mass is 9.88. The predicted molar refractivity (Wildman–Crippen MR) is 82.2 cm³/mol. The molecule has 0 amide bonds. The number of rotatable bonds is 5. The summed E-state index contributed by atoms with van der Waals surface area (Å²) in [6, 6.07) is 11.3. The van der Waals surface area contributed by atoms with Gasteiger partial charge in [0, 0.05) is 12.6 Å². The number of likely N-dealkylation sites (tertiary alicyclic amines) is 1. The summed E-state index contributed by atoms with van der Waals surface area (Å²) in [5, 5.41) is 3.45. The zero-order valence-corrected chi connectivity index (χ0v) is 12.6. The average molecular weight is 260 g/mol. The molecule has 0 radical (unpaired) electrons. The Labute approximate surface area is 118 Å². The molecule has 2 nitrogen and oxygen atoms in total. The number of benzene rings is 1. The number of nitrogens with one attached hydrogen (secondary N) is 1. The molecule has 1 aromatic carbocycles. The Morgan fingerprint density at radius 2 is 1.95 bits per heavy atom. The van der Waals surface area contributed by atoms with E-state index in [2.05, 4.69) is 61.4 Å². The first kappa shape index (κ1) is 14.5. The molecule has 1 fully saturated rings. The molecule has 3 atom stereocenters. The Morgan fingerprint density at radius 1 is 1.21 bits per heavy atom. The van der Waals surface area contributed by atoms with Crippen LogP contribution in [0.4, 0.5) is 0 Å². The Kier molecular flexibility index (Phi) is 5.41. The van der Waals surface area contributed by atoms with E-state index in [-0.39, 0.29) is 0 Å². The fraction of sp³-hybridized carbons (Fsp3) is 0.647. The number of nitrogens with zero attached hydrogens (tertiary/aromatic N) is 1. The van der Waals surface area contributed by atoms with Gasteiger partial charge in [0.25, 0.3) is 0 Å². The molecule has 1 saturated heterocycles. The summed E-state index contributed by atoms with van der Waals surface area (Å²) in [4.78, 5) is 2.64. The number of hydrogen-bond donors (Lipinski definition) is 1. The van der Waals surface area contributed by atoms with Crippen LogP contribution in [0, 0.1) is 11.8 Å². The molecule has 1 heterocycles. The van der Waals surface area contributed by atoms with E-state index in [4.69, 9.17) is 0 Å². The van der Waals surface area contributed by atoms with Crippen molar-refractivity contribution in [3.63, 3.8) is 0 Å². The van der Waals surface area contributed by atoms with Crippen molar-refractivity contribution in [3.8, 4) is 0 Å². The first-order valence-electron chi connectivity index (χ1n) is 7.65. The Balaban J connectivity index is 1.84. The minimum Gasteiger partial charge on any atom is -0.313 e. The van der Waals surface area contributed by atoms with E-state index >= 15 is 0 Å². The second kappa shape index (κ2) is 7.06. The van der Waals surface area contributed by atoms with Crippen LogP contribution < -0.4 is 5.32 Å². The van der Waals surface area contributed by atoms with Crippen molar-refractivity contribution in [3.05, 3.63) is 35.9 Å². The lowest BCUT2D eigenvalue weighted by Gasteiger charge is -2.36. The molecule has 19 heavy (non-hydrogen) atoms. The van der Waals surface area contributed by atoms with Crippen molar-refractivity contribution in [2.75, 3.05) is 26.7 Å². The van der Waals surface area contributed by atoms with Gasteiger partial charge in [-0.25, -0.2) is 0 Å². The number of piperidine rings is 1. The molecule has 0 spiro atoms. The van der Waals surface area contributed by atoms with Crippen LogP contribution >= 0.6 is 0 Å². The molecule has 1 N–H and O–H groups in total. The van der Waals surface area contributed by atoms with E-state index in [1.165, 1.54) is 38.0 Å². The molecule has 2 heteroatoms. The van der Waals surface area contributed by atoms with E-state index in [9.17, 15) is 0 Å². The fourth-order valence-corrected chi connectivity index (χ4v) is 3.03. The average Bonchev–Trinajstić information content (AvgIpc) is 2.44. The van der Waals surface area contributed by atoms with Crippen LogP contribution in [0.3, 0.4) is 0 Å². The topological polar surface area (TPSA) is 15.3 Å². The third-order valence-corrected chi connectivity index (χ3v) is 4.70. The monoisotopic (exact) mass is 260 g/mol. The quantitative estimate of drug-likeness (QED) is 0.873. The summed E-state index contributed by atoms with van der Waals surface area (Å²) < 4.78 is 0. The molecular formula is C17H28N2. The van der Waals surface area contributed by atoms with Gasteiger partial charge in [0.15, 0.2) is 0 Å². The zero-order valence-electron chi connectivity index (χ0n) is 12.6. The van der Waals surface area contributed by atoms with Crippen molar-refractivity contribution >= 4 is 0 Å². The van der Waals surface area contributed by atoms with E-state index in [0.29, 0.717) is 6.04 Å². The second-order valence-electron chi connectivity index (χ2n) is 6.08. The molecule has 2 rings (SSSR count). The molecule has 1 aliphatic rings.